The first-order valence-electron chi connectivity index (χ1n) is 6.83. The summed E-state index contributed by atoms with van der Waals surface area (Å²) >= 11 is 0. The molecule has 6 heteroatoms. The van der Waals surface area contributed by atoms with Gasteiger partial charge in [0.2, 0.25) is 0 Å². The number of rotatable bonds is 3. The molecule has 0 saturated heterocycles. The lowest BCUT2D eigenvalue weighted by atomic mass is 9.98. The molecule has 0 aliphatic carbocycles. The molecule has 1 unspecified atom stereocenters. The standard InChI is InChI=1S/C15H22N2O3.ClH/c1-5-17(4)15(18)20-12-7-6-11-9-19-10-14(16(2)3)13(11)8-12;/h6-8,14H,5,9-10H2,1-4H3;1H. The summed E-state index contributed by atoms with van der Waals surface area (Å²) in [4.78, 5) is 15.4. The highest BCUT2D eigenvalue weighted by Crippen LogP contribution is 2.31. The lowest BCUT2D eigenvalue weighted by Gasteiger charge is -2.31. The number of carbonyl (C=O) groups excluding carboxylic acids is 1. The molecule has 0 fully saturated rings. The Labute approximate surface area is 132 Å². The van der Waals surface area contributed by atoms with Crippen LogP contribution in [0.2, 0.25) is 0 Å². The van der Waals surface area contributed by atoms with Crippen LogP contribution in [0.5, 0.6) is 5.75 Å². The summed E-state index contributed by atoms with van der Waals surface area (Å²) in [6.45, 7) is 3.81. The van der Waals surface area contributed by atoms with Crippen molar-refractivity contribution in [3.63, 3.8) is 0 Å². The fourth-order valence-electron chi connectivity index (χ4n) is 2.18. The fraction of sp³-hybridized carbons (Fsp3) is 0.533. The molecule has 0 radical (unpaired) electrons. The van der Waals surface area contributed by atoms with Gasteiger partial charge in [0.05, 0.1) is 19.3 Å². The molecule has 1 amide bonds. The largest absolute Gasteiger partial charge is 0.414 e. The van der Waals surface area contributed by atoms with Gasteiger partial charge in [-0.15, -0.1) is 12.4 Å². The Hall–Kier alpha value is -1.30. The van der Waals surface area contributed by atoms with E-state index in [9.17, 15) is 4.79 Å². The van der Waals surface area contributed by atoms with Gasteiger partial charge < -0.3 is 19.3 Å². The number of likely N-dealkylation sites (N-methyl/N-ethyl adjacent to an activating group) is 1. The molecule has 1 atom stereocenters. The van der Waals surface area contributed by atoms with Gasteiger partial charge in [-0.25, -0.2) is 4.79 Å². The van der Waals surface area contributed by atoms with E-state index in [1.807, 2.05) is 39.2 Å². The van der Waals surface area contributed by atoms with Gasteiger partial charge in [-0.2, -0.15) is 0 Å². The zero-order valence-corrected chi connectivity index (χ0v) is 13.8. The van der Waals surface area contributed by atoms with Crippen LogP contribution in [-0.4, -0.2) is 50.2 Å². The monoisotopic (exact) mass is 314 g/mol. The Kier molecular flexibility index (Phi) is 6.45. The molecule has 1 aliphatic heterocycles. The zero-order chi connectivity index (χ0) is 14.7. The van der Waals surface area contributed by atoms with Crippen LogP contribution in [0.3, 0.4) is 0 Å². The molecule has 1 aromatic rings. The second kappa shape index (κ2) is 7.64. The van der Waals surface area contributed by atoms with E-state index < -0.39 is 0 Å². The predicted molar refractivity (Wildman–Crippen MR) is 84.1 cm³/mol. The van der Waals surface area contributed by atoms with Crippen molar-refractivity contribution in [2.75, 3.05) is 34.3 Å². The van der Waals surface area contributed by atoms with E-state index in [0.29, 0.717) is 25.5 Å². The normalized spacial score (nSPS) is 16.9. The quantitative estimate of drug-likeness (QED) is 0.860. The molecule has 1 heterocycles. The molecule has 0 N–H and O–H groups in total. The van der Waals surface area contributed by atoms with Gasteiger partial charge in [0, 0.05) is 13.6 Å². The summed E-state index contributed by atoms with van der Waals surface area (Å²) in [5.41, 5.74) is 2.32. The average molecular weight is 315 g/mol. The highest BCUT2D eigenvalue weighted by molar-refractivity contribution is 5.85. The lowest BCUT2D eigenvalue weighted by Crippen LogP contribution is -2.30. The van der Waals surface area contributed by atoms with E-state index in [4.69, 9.17) is 9.47 Å². The maximum Gasteiger partial charge on any atom is 0.414 e. The van der Waals surface area contributed by atoms with E-state index in [-0.39, 0.29) is 24.5 Å². The Bertz CT molecular complexity index is 494. The van der Waals surface area contributed by atoms with Crippen molar-refractivity contribution in [2.45, 2.75) is 19.6 Å². The van der Waals surface area contributed by atoms with Crippen molar-refractivity contribution in [2.24, 2.45) is 0 Å². The first kappa shape index (κ1) is 17.8. The molecule has 21 heavy (non-hydrogen) atoms. The first-order valence-corrected chi connectivity index (χ1v) is 6.83. The number of halogens is 1. The molecule has 1 aliphatic rings. The van der Waals surface area contributed by atoms with Gasteiger partial charge in [0.25, 0.3) is 0 Å². The summed E-state index contributed by atoms with van der Waals surface area (Å²) in [5.74, 6) is 0.586. The summed E-state index contributed by atoms with van der Waals surface area (Å²) in [6.07, 6.45) is -0.332. The number of carbonyl (C=O) groups is 1. The summed E-state index contributed by atoms with van der Waals surface area (Å²) in [5, 5.41) is 0. The third kappa shape index (κ3) is 4.09. The zero-order valence-electron chi connectivity index (χ0n) is 13.0. The van der Waals surface area contributed by atoms with Gasteiger partial charge in [0.15, 0.2) is 0 Å². The lowest BCUT2D eigenvalue weighted by molar-refractivity contribution is 0.0504. The van der Waals surface area contributed by atoms with Crippen LogP contribution in [0.4, 0.5) is 4.79 Å². The van der Waals surface area contributed by atoms with Gasteiger partial charge in [-0.1, -0.05) is 6.07 Å². The second-order valence-electron chi connectivity index (χ2n) is 5.24. The molecule has 118 valence electrons. The average Bonchev–Trinajstić information content (AvgIpc) is 2.45. The SMILES string of the molecule is CCN(C)C(=O)Oc1ccc2c(c1)C(N(C)C)COC2.Cl. The van der Waals surface area contributed by atoms with Crippen LogP contribution >= 0.6 is 12.4 Å². The number of ether oxygens (including phenoxy) is 2. The molecule has 0 spiro atoms. The number of benzene rings is 1. The Morgan fingerprint density at radius 2 is 2.10 bits per heavy atom. The van der Waals surface area contributed by atoms with Crippen molar-refractivity contribution in [3.05, 3.63) is 29.3 Å². The molecule has 5 nitrogen and oxygen atoms in total. The number of fused-ring (bicyclic) bond motifs is 1. The minimum Gasteiger partial charge on any atom is -0.410 e. The fourth-order valence-corrected chi connectivity index (χ4v) is 2.18. The number of hydrogen-bond acceptors (Lipinski definition) is 4. The minimum atomic E-state index is -0.332. The Balaban J connectivity index is 0.00000220. The van der Waals surface area contributed by atoms with E-state index >= 15 is 0 Å². The number of nitrogens with zero attached hydrogens (tertiary/aromatic N) is 2. The van der Waals surface area contributed by atoms with Crippen LogP contribution in [0.1, 0.15) is 24.1 Å². The highest BCUT2D eigenvalue weighted by atomic mass is 35.5. The topological polar surface area (TPSA) is 42.0 Å². The van der Waals surface area contributed by atoms with Crippen molar-refractivity contribution in [1.82, 2.24) is 9.80 Å². The highest BCUT2D eigenvalue weighted by Gasteiger charge is 2.23. The Morgan fingerprint density at radius 3 is 2.71 bits per heavy atom. The maximum absolute atomic E-state index is 11.8. The molecular weight excluding hydrogens is 292 g/mol. The van der Waals surface area contributed by atoms with E-state index in [0.717, 1.165) is 5.56 Å². The van der Waals surface area contributed by atoms with Gasteiger partial charge in [-0.3, -0.25) is 0 Å². The van der Waals surface area contributed by atoms with Gasteiger partial charge in [-0.05, 0) is 44.3 Å². The molecule has 0 aromatic heterocycles. The predicted octanol–water partition coefficient (Wildman–Crippen LogP) is 2.69. The van der Waals surface area contributed by atoms with E-state index in [1.54, 1.807) is 7.05 Å². The van der Waals surface area contributed by atoms with E-state index in [2.05, 4.69) is 4.90 Å². The first-order chi connectivity index (χ1) is 9.52. The smallest absolute Gasteiger partial charge is 0.410 e. The van der Waals surface area contributed by atoms with Crippen LogP contribution in [0.15, 0.2) is 18.2 Å². The van der Waals surface area contributed by atoms with Crippen molar-refractivity contribution in [3.8, 4) is 5.75 Å². The summed E-state index contributed by atoms with van der Waals surface area (Å²) in [6, 6.07) is 5.94. The van der Waals surface area contributed by atoms with Crippen molar-refractivity contribution in [1.29, 1.82) is 0 Å². The molecule has 2 rings (SSSR count). The number of amides is 1. The third-order valence-corrected chi connectivity index (χ3v) is 3.62. The summed E-state index contributed by atoms with van der Waals surface area (Å²) < 4.78 is 11.0. The van der Waals surface area contributed by atoms with Crippen LogP contribution in [0.25, 0.3) is 0 Å². The van der Waals surface area contributed by atoms with Crippen molar-refractivity contribution >= 4 is 18.5 Å². The second-order valence-corrected chi connectivity index (χ2v) is 5.24. The molecule has 0 bridgehead atoms. The van der Waals surface area contributed by atoms with Gasteiger partial charge >= 0.3 is 6.09 Å². The maximum atomic E-state index is 11.8. The van der Waals surface area contributed by atoms with Crippen LogP contribution in [0, 0.1) is 0 Å². The van der Waals surface area contributed by atoms with Crippen molar-refractivity contribution < 1.29 is 14.3 Å². The molecule has 1 aromatic carbocycles. The number of hydrogen-bond donors (Lipinski definition) is 0. The molecule has 0 saturated carbocycles. The van der Waals surface area contributed by atoms with Gasteiger partial charge in [0.1, 0.15) is 5.75 Å². The van der Waals surface area contributed by atoms with Crippen LogP contribution < -0.4 is 4.74 Å². The molecular formula is C15H23ClN2O3. The van der Waals surface area contributed by atoms with E-state index in [1.165, 1.54) is 10.5 Å². The van der Waals surface area contributed by atoms with Crippen LogP contribution in [-0.2, 0) is 11.3 Å². The minimum absolute atomic E-state index is 0. The third-order valence-electron chi connectivity index (χ3n) is 3.62. The summed E-state index contributed by atoms with van der Waals surface area (Å²) in [7, 11) is 5.76. The Morgan fingerprint density at radius 1 is 1.38 bits per heavy atom.